The lowest BCUT2D eigenvalue weighted by atomic mass is 9.94. The Morgan fingerprint density at radius 3 is 2.73 bits per heavy atom. The zero-order chi connectivity index (χ0) is 21.1. The smallest absolute Gasteiger partial charge is 0.269 e. The van der Waals surface area contributed by atoms with Crippen LogP contribution in [0.25, 0.3) is 11.0 Å². The molecule has 0 bridgehead atoms. The van der Waals surface area contributed by atoms with Gasteiger partial charge in [-0.2, -0.15) is 0 Å². The van der Waals surface area contributed by atoms with Crippen LogP contribution in [0.2, 0.25) is 0 Å². The summed E-state index contributed by atoms with van der Waals surface area (Å²) in [6.45, 7) is -0.173. The first kappa shape index (κ1) is 20.1. The Bertz CT molecular complexity index is 1120. The number of halogens is 1. The molecule has 1 amide bonds. The standard InChI is InChI=1S/C23H25FN4O2/c1-27(17-7-3-2-4-8-17)20-12-11-16(13-18(20)24)26-22(29)15-28-21-10-6-5-9-19(21)25-14-23(28)30/h5-6,9-14,17H,2-4,7-8,15H2,1H3,(H,26,29). The highest BCUT2D eigenvalue weighted by Crippen LogP contribution is 2.29. The van der Waals surface area contributed by atoms with Crippen LogP contribution in [-0.4, -0.2) is 28.5 Å². The molecule has 1 heterocycles. The highest BCUT2D eigenvalue weighted by Gasteiger charge is 2.21. The molecule has 7 heteroatoms. The van der Waals surface area contributed by atoms with Gasteiger partial charge < -0.3 is 10.2 Å². The number of carbonyl (C=O) groups excluding carboxylic acids is 1. The van der Waals surface area contributed by atoms with Crippen LogP contribution in [0, 0.1) is 5.82 Å². The van der Waals surface area contributed by atoms with Crippen LogP contribution in [0.3, 0.4) is 0 Å². The van der Waals surface area contributed by atoms with Crippen LogP contribution in [-0.2, 0) is 11.3 Å². The number of amides is 1. The quantitative estimate of drug-likeness (QED) is 0.694. The number of anilines is 2. The van der Waals surface area contributed by atoms with E-state index in [-0.39, 0.29) is 17.9 Å². The van der Waals surface area contributed by atoms with Gasteiger partial charge in [0.15, 0.2) is 0 Å². The van der Waals surface area contributed by atoms with Crippen LogP contribution in [0.5, 0.6) is 0 Å². The largest absolute Gasteiger partial charge is 0.369 e. The van der Waals surface area contributed by atoms with Gasteiger partial charge in [0.1, 0.15) is 12.4 Å². The summed E-state index contributed by atoms with van der Waals surface area (Å²) in [6, 6.07) is 12.2. The highest BCUT2D eigenvalue weighted by molar-refractivity contribution is 5.91. The summed E-state index contributed by atoms with van der Waals surface area (Å²) >= 11 is 0. The van der Waals surface area contributed by atoms with E-state index in [1.54, 1.807) is 30.3 Å². The molecule has 0 atom stereocenters. The minimum atomic E-state index is -0.402. The molecule has 0 unspecified atom stereocenters. The maximum atomic E-state index is 14.7. The summed E-state index contributed by atoms with van der Waals surface area (Å²) in [4.78, 5) is 30.8. The molecule has 1 saturated carbocycles. The van der Waals surface area contributed by atoms with Crippen molar-refractivity contribution in [2.45, 2.75) is 44.7 Å². The fourth-order valence-electron chi connectivity index (χ4n) is 4.16. The van der Waals surface area contributed by atoms with Gasteiger partial charge in [0.05, 0.1) is 22.9 Å². The maximum Gasteiger partial charge on any atom is 0.269 e. The van der Waals surface area contributed by atoms with Crippen molar-refractivity contribution in [2.75, 3.05) is 17.3 Å². The van der Waals surface area contributed by atoms with Crippen molar-refractivity contribution in [1.82, 2.24) is 9.55 Å². The first-order valence-electron chi connectivity index (χ1n) is 10.3. The fraction of sp³-hybridized carbons (Fsp3) is 0.348. The maximum absolute atomic E-state index is 14.7. The Labute approximate surface area is 174 Å². The fourth-order valence-corrected chi connectivity index (χ4v) is 4.16. The average molecular weight is 408 g/mol. The van der Waals surface area contributed by atoms with Crippen molar-refractivity contribution in [2.24, 2.45) is 0 Å². The molecule has 4 rings (SSSR count). The molecule has 156 valence electrons. The van der Waals surface area contributed by atoms with Crippen molar-refractivity contribution >= 4 is 28.3 Å². The monoisotopic (exact) mass is 408 g/mol. The Morgan fingerprint density at radius 2 is 1.97 bits per heavy atom. The third-order valence-electron chi connectivity index (χ3n) is 5.79. The van der Waals surface area contributed by atoms with Gasteiger partial charge in [0.2, 0.25) is 5.91 Å². The number of hydrogen-bond acceptors (Lipinski definition) is 4. The Hall–Kier alpha value is -3.22. The number of aromatic nitrogens is 2. The number of benzene rings is 2. The van der Waals surface area contributed by atoms with E-state index in [9.17, 15) is 14.0 Å². The summed E-state index contributed by atoms with van der Waals surface area (Å²) in [5.41, 5.74) is 1.75. The molecular weight excluding hydrogens is 383 g/mol. The van der Waals surface area contributed by atoms with E-state index in [4.69, 9.17) is 0 Å². The number of nitrogens with zero attached hydrogens (tertiary/aromatic N) is 3. The van der Waals surface area contributed by atoms with Gasteiger partial charge in [-0.1, -0.05) is 31.4 Å². The van der Waals surface area contributed by atoms with Crippen LogP contribution < -0.4 is 15.8 Å². The second kappa shape index (κ2) is 8.65. The van der Waals surface area contributed by atoms with Crippen molar-refractivity contribution in [3.05, 3.63) is 64.8 Å². The van der Waals surface area contributed by atoms with E-state index in [0.717, 1.165) is 12.8 Å². The summed E-state index contributed by atoms with van der Waals surface area (Å²) in [6.07, 6.45) is 6.94. The number of hydrogen-bond donors (Lipinski definition) is 1. The Morgan fingerprint density at radius 1 is 1.20 bits per heavy atom. The summed E-state index contributed by atoms with van der Waals surface area (Å²) < 4.78 is 16.1. The number of nitrogens with one attached hydrogen (secondary N) is 1. The zero-order valence-electron chi connectivity index (χ0n) is 17.0. The van der Waals surface area contributed by atoms with E-state index in [0.29, 0.717) is 28.5 Å². The van der Waals surface area contributed by atoms with Gasteiger partial charge in [0.25, 0.3) is 5.56 Å². The van der Waals surface area contributed by atoms with Crippen molar-refractivity contribution in [3.63, 3.8) is 0 Å². The molecule has 1 fully saturated rings. The van der Waals surface area contributed by atoms with E-state index >= 15 is 0 Å². The van der Waals surface area contributed by atoms with Gasteiger partial charge in [-0.15, -0.1) is 0 Å². The van der Waals surface area contributed by atoms with Crippen molar-refractivity contribution < 1.29 is 9.18 Å². The lowest BCUT2D eigenvalue weighted by molar-refractivity contribution is -0.116. The minimum Gasteiger partial charge on any atom is -0.369 e. The predicted molar refractivity (Wildman–Crippen MR) is 116 cm³/mol. The second-order valence-corrected chi connectivity index (χ2v) is 7.79. The number of fused-ring (bicyclic) bond motifs is 1. The lowest BCUT2D eigenvalue weighted by Gasteiger charge is -2.33. The lowest BCUT2D eigenvalue weighted by Crippen LogP contribution is -2.33. The Kier molecular flexibility index (Phi) is 5.79. The minimum absolute atomic E-state index is 0.173. The Balaban J connectivity index is 1.48. The van der Waals surface area contributed by atoms with E-state index < -0.39 is 5.91 Å². The normalized spacial score (nSPS) is 14.6. The summed E-state index contributed by atoms with van der Waals surface area (Å²) in [5, 5.41) is 2.69. The van der Waals surface area contributed by atoms with Gasteiger partial charge >= 0.3 is 0 Å². The molecule has 1 N–H and O–H groups in total. The van der Waals surface area contributed by atoms with Crippen LogP contribution in [0.15, 0.2) is 53.5 Å². The first-order chi connectivity index (χ1) is 14.5. The number of carbonyl (C=O) groups is 1. The molecule has 0 spiro atoms. The van der Waals surface area contributed by atoms with Crippen LogP contribution in [0.4, 0.5) is 15.8 Å². The third-order valence-corrected chi connectivity index (χ3v) is 5.79. The molecule has 0 radical (unpaired) electrons. The van der Waals surface area contributed by atoms with Crippen LogP contribution in [0.1, 0.15) is 32.1 Å². The molecule has 0 aliphatic heterocycles. The van der Waals surface area contributed by atoms with E-state index in [1.165, 1.54) is 36.1 Å². The van der Waals surface area contributed by atoms with Crippen LogP contribution >= 0.6 is 0 Å². The molecule has 1 aliphatic rings. The number of rotatable bonds is 5. The molecule has 6 nitrogen and oxygen atoms in total. The molecule has 2 aromatic carbocycles. The third kappa shape index (κ3) is 4.20. The first-order valence-corrected chi connectivity index (χ1v) is 10.3. The molecule has 30 heavy (non-hydrogen) atoms. The van der Waals surface area contributed by atoms with E-state index in [1.807, 2.05) is 18.0 Å². The summed E-state index contributed by atoms with van der Waals surface area (Å²) in [5.74, 6) is -0.770. The van der Waals surface area contributed by atoms with Gasteiger partial charge in [-0.3, -0.25) is 14.2 Å². The topological polar surface area (TPSA) is 67.2 Å². The second-order valence-electron chi connectivity index (χ2n) is 7.79. The van der Waals surface area contributed by atoms with Gasteiger partial charge in [-0.25, -0.2) is 9.37 Å². The molecule has 1 aliphatic carbocycles. The number of para-hydroxylation sites is 2. The molecule has 0 saturated heterocycles. The zero-order valence-corrected chi connectivity index (χ0v) is 17.0. The SMILES string of the molecule is CN(c1ccc(NC(=O)Cn2c(=O)cnc3ccccc32)cc1F)C1CCCCC1. The van der Waals surface area contributed by atoms with Gasteiger partial charge in [0, 0.05) is 18.8 Å². The van der Waals surface area contributed by atoms with E-state index in [2.05, 4.69) is 10.3 Å². The van der Waals surface area contributed by atoms with Crippen molar-refractivity contribution in [1.29, 1.82) is 0 Å². The molecule has 3 aromatic rings. The average Bonchev–Trinajstić information content (AvgIpc) is 2.76. The molecular formula is C23H25FN4O2. The molecule has 1 aromatic heterocycles. The van der Waals surface area contributed by atoms with Gasteiger partial charge in [-0.05, 0) is 43.2 Å². The predicted octanol–water partition coefficient (Wildman–Crippen LogP) is 3.94. The highest BCUT2D eigenvalue weighted by atomic mass is 19.1. The summed E-state index contributed by atoms with van der Waals surface area (Å²) in [7, 11) is 1.92. The van der Waals surface area contributed by atoms with Crippen molar-refractivity contribution in [3.8, 4) is 0 Å².